The van der Waals surface area contributed by atoms with Crippen molar-refractivity contribution in [2.75, 3.05) is 19.7 Å². The second-order valence-corrected chi connectivity index (χ2v) is 5.59. The van der Waals surface area contributed by atoms with Crippen LogP contribution >= 0.6 is 0 Å². The molecule has 0 bridgehead atoms. The average molecular weight is 334 g/mol. The molecule has 1 N–H and O–H groups in total. The SMILES string of the molecule is O=C(COc1ccc(F)c(F)c1)c1c[nH]c(C(=O)N2CCCC2)c1. The minimum Gasteiger partial charge on any atom is -0.485 e. The van der Waals surface area contributed by atoms with Gasteiger partial charge < -0.3 is 14.6 Å². The van der Waals surface area contributed by atoms with Crippen LogP contribution in [0.15, 0.2) is 30.5 Å². The third-order valence-electron chi connectivity index (χ3n) is 3.89. The Labute approximate surface area is 137 Å². The first kappa shape index (κ1) is 16.2. The number of nitrogens with one attached hydrogen (secondary N) is 1. The van der Waals surface area contributed by atoms with Crippen LogP contribution < -0.4 is 4.74 Å². The van der Waals surface area contributed by atoms with E-state index in [0.717, 1.165) is 38.1 Å². The molecule has 1 saturated heterocycles. The van der Waals surface area contributed by atoms with Gasteiger partial charge in [-0.15, -0.1) is 0 Å². The second-order valence-electron chi connectivity index (χ2n) is 5.59. The van der Waals surface area contributed by atoms with Gasteiger partial charge >= 0.3 is 0 Å². The highest BCUT2D eigenvalue weighted by Crippen LogP contribution is 2.17. The first-order chi connectivity index (χ1) is 11.5. The molecule has 7 heteroatoms. The van der Waals surface area contributed by atoms with Crippen LogP contribution in [-0.4, -0.2) is 41.3 Å². The number of rotatable bonds is 5. The summed E-state index contributed by atoms with van der Waals surface area (Å²) in [6.45, 7) is 1.11. The Morgan fingerprint density at radius 3 is 2.58 bits per heavy atom. The van der Waals surface area contributed by atoms with Crippen LogP contribution in [0.1, 0.15) is 33.7 Å². The fourth-order valence-electron chi connectivity index (χ4n) is 2.57. The third kappa shape index (κ3) is 3.45. The number of halogens is 2. The van der Waals surface area contributed by atoms with Gasteiger partial charge in [-0.1, -0.05) is 0 Å². The van der Waals surface area contributed by atoms with E-state index in [4.69, 9.17) is 4.74 Å². The molecule has 1 amide bonds. The zero-order chi connectivity index (χ0) is 17.1. The van der Waals surface area contributed by atoms with Crippen molar-refractivity contribution in [2.24, 2.45) is 0 Å². The molecule has 126 valence electrons. The van der Waals surface area contributed by atoms with Crippen LogP contribution in [0.25, 0.3) is 0 Å². The summed E-state index contributed by atoms with van der Waals surface area (Å²) < 4.78 is 31.1. The summed E-state index contributed by atoms with van der Waals surface area (Å²) in [5.41, 5.74) is 0.660. The maximum absolute atomic E-state index is 13.1. The van der Waals surface area contributed by atoms with Crippen molar-refractivity contribution in [3.63, 3.8) is 0 Å². The minimum atomic E-state index is -1.04. The third-order valence-corrected chi connectivity index (χ3v) is 3.89. The Balaban J connectivity index is 1.61. The molecular weight excluding hydrogens is 318 g/mol. The highest BCUT2D eigenvalue weighted by Gasteiger charge is 2.21. The Morgan fingerprint density at radius 2 is 1.88 bits per heavy atom. The first-order valence-electron chi connectivity index (χ1n) is 7.63. The Hall–Kier alpha value is -2.70. The number of hydrogen-bond acceptors (Lipinski definition) is 3. The Kier molecular flexibility index (Phi) is 4.59. The van der Waals surface area contributed by atoms with Crippen LogP contribution in [0, 0.1) is 11.6 Å². The maximum atomic E-state index is 13.1. The summed E-state index contributed by atoms with van der Waals surface area (Å²) in [5.74, 6) is -2.46. The topological polar surface area (TPSA) is 62.4 Å². The van der Waals surface area contributed by atoms with Gasteiger partial charge in [0.2, 0.25) is 5.78 Å². The predicted molar refractivity (Wildman–Crippen MR) is 82.1 cm³/mol. The molecule has 1 aromatic carbocycles. The molecule has 24 heavy (non-hydrogen) atoms. The molecule has 0 spiro atoms. The van der Waals surface area contributed by atoms with Crippen molar-refractivity contribution in [3.8, 4) is 5.75 Å². The van der Waals surface area contributed by atoms with E-state index < -0.39 is 11.6 Å². The van der Waals surface area contributed by atoms with E-state index in [1.165, 1.54) is 18.3 Å². The van der Waals surface area contributed by atoms with E-state index in [-0.39, 0.29) is 24.0 Å². The summed E-state index contributed by atoms with van der Waals surface area (Å²) >= 11 is 0. The molecule has 0 aliphatic carbocycles. The van der Waals surface area contributed by atoms with E-state index in [9.17, 15) is 18.4 Å². The number of benzene rings is 1. The second kappa shape index (κ2) is 6.82. The molecular formula is C17H16F2N2O3. The number of carbonyl (C=O) groups excluding carboxylic acids is 2. The zero-order valence-corrected chi connectivity index (χ0v) is 12.9. The maximum Gasteiger partial charge on any atom is 0.270 e. The normalized spacial score (nSPS) is 14.0. The fraction of sp³-hybridized carbons (Fsp3) is 0.294. The number of likely N-dealkylation sites (tertiary alicyclic amines) is 1. The Morgan fingerprint density at radius 1 is 1.12 bits per heavy atom. The van der Waals surface area contributed by atoms with E-state index in [0.29, 0.717) is 11.3 Å². The largest absolute Gasteiger partial charge is 0.485 e. The lowest BCUT2D eigenvalue weighted by molar-refractivity contribution is 0.0787. The summed E-state index contributed by atoms with van der Waals surface area (Å²) in [4.78, 5) is 28.8. The van der Waals surface area contributed by atoms with E-state index in [2.05, 4.69) is 4.98 Å². The van der Waals surface area contributed by atoms with Crippen molar-refractivity contribution in [2.45, 2.75) is 12.8 Å². The van der Waals surface area contributed by atoms with E-state index in [1.54, 1.807) is 4.90 Å². The summed E-state index contributed by atoms with van der Waals surface area (Å²) in [6.07, 6.45) is 3.42. The monoisotopic (exact) mass is 334 g/mol. The molecule has 0 saturated carbocycles. The number of amides is 1. The van der Waals surface area contributed by atoms with Gasteiger partial charge in [-0.25, -0.2) is 8.78 Å². The molecule has 3 rings (SSSR count). The average Bonchev–Trinajstić information content (AvgIpc) is 3.26. The molecule has 1 aromatic heterocycles. The smallest absolute Gasteiger partial charge is 0.270 e. The van der Waals surface area contributed by atoms with Gasteiger partial charge in [-0.2, -0.15) is 0 Å². The Bertz CT molecular complexity index is 767. The zero-order valence-electron chi connectivity index (χ0n) is 12.9. The summed E-state index contributed by atoms with van der Waals surface area (Å²) in [7, 11) is 0. The molecule has 0 radical (unpaired) electrons. The summed E-state index contributed by atoms with van der Waals surface area (Å²) in [6, 6.07) is 4.53. The molecule has 2 heterocycles. The molecule has 2 aromatic rings. The molecule has 5 nitrogen and oxygen atoms in total. The molecule has 0 atom stereocenters. The van der Waals surface area contributed by atoms with Crippen molar-refractivity contribution in [3.05, 3.63) is 53.4 Å². The number of hydrogen-bond donors (Lipinski definition) is 1. The van der Waals surface area contributed by atoms with Crippen LogP contribution in [0.3, 0.4) is 0 Å². The fourth-order valence-corrected chi connectivity index (χ4v) is 2.57. The number of ketones is 1. The van der Waals surface area contributed by atoms with Crippen LogP contribution in [0.4, 0.5) is 8.78 Å². The lowest BCUT2D eigenvalue weighted by Crippen LogP contribution is -2.27. The van der Waals surface area contributed by atoms with Gasteiger partial charge in [-0.3, -0.25) is 9.59 Å². The number of Topliss-reactive ketones (excluding diaryl/α,β-unsaturated/α-hetero) is 1. The van der Waals surface area contributed by atoms with Gasteiger partial charge in [0.1, 0.15) is 11.4 Å². The van der Waals surface area contributed by atoms with Gasteiger partial charge in [0.25, 0.3) is 5.91 Å². The van der Waals surface area contributed by atoms with Crippen LogP contribution in [0.5, 0.6) is 5.75 Å². The number of nitrogens with zero attached hydrogens (tertiary/aromatic N) is 1. The minimum absolute atomic E-state index is 0.0613. The van der Waals surface area contributed by atoms with Gasteiger partial charge in [0, 0.05) is 30.9 Å². The van der Waals surface area contributed by atoms with Crippen molar-refractivity contribution in [1.29, 1.82) is 0 Å². The highest BCUT2D eigenvalue weighted by atomic mass is 19.2. The number of aromatic amines is 1. The molecule has 1 aliphatic rings. The van der Waals surface area contributed by atoms with Gasteiger partial charge in [-0.05, 0) is 31.0 Å². The van der Waals surface area contributed by atoms with E-state index in [1.807, 2.05) is 0 Å². The van der Waals surface area contributed by atoms with Crippen molar-refractivity contribution >= 4 is 11.7 Å². The number of aromatic nitrogens is 1. The van der Waals surface area contributed by atoms with Crippen LogP contribution in [0.2, 0.25) is 0 Å². The molecule has 1 fully saturated rings. The predicted octanol–water partition coefficient (Wildman–Crippen LogP) is 2.79. The molecule has 1 aliphatic heterocycles. The standard InChI is InChI=1S/C17H16F2N2O3/c18-13-4-3-12(8-14(13)19)24-10-16(22)11-7-15(20-9-11)17(23)21-5-1-2-6-21/h3-4,7-9,20H,1-2,5-6,10H2. The number of H-pyrrole nitrogens is 1. The lowest BCUT2D eigenvalue weighted by atomic mass is 10.2. The number of ether oxygens (including phenoxy) is 1. The van der Waals surface area contributed by atoms with Crippen LogP contribution in [-0.2, 0) is 0 Å². The first-order valence-corrected chi connectivity index (χ1v) is 7.63. The van der Waals surface area contributed by atoms with Crippen molar-refractivity contribution < 1.29 is 23.1 Å². The summed E-state index contributed by atoms with van der Waals surface area (Å²) in [5, 5.41) is 0. The molecule has 0 unspecified atom stereocenters. The number of carbonyl (C=O) groups is 2. The highest BCUT2D eigenvalue weighted by molar-refractivity contribution is 6.00. The quantitative estimate of drug-likeness (QED) is 0.855. The van der Waals surface area contributed by atoms with Gasteiger partial charge in [0.15, 0.2) is 18.2 Å². The van der Waals surface area contributed by atoms with Crippen molar-refractivity contribution in [1.82, 2.24) is 9.88 Å². The van der Waals surface area contributed by atoms with E-state index >= 15 is 0 Å². The lowest BCUT2D eigenvalue weighted by Gasteiger charge is -2.13. The van der Waals surface area contributed by atoms with Gasteiger partial charge in [0.05, 0.1) is 0 Å².